The summed E-state index contributed by atoms with van der Waals surface area (Å²) in [4.78, 5) is 21.9. The minimum absolute atomic E-state index is 0.160. The van der Waals surface area contributed by atoms with E-state index in [2.05, 4.69) is 6.58 Å². The molecular formula is C15H18O4. The summed E-state index contributed by atoms with van der Waals surface area (Å²) in [5.41, 5.74) is 1.25. The summed E-state index contributed by atoms with van der Waals surface area (Å²) in [5.74, 6) is -0.717. The van der Waals surface area contributed by atoms with Gasteiger partial charge in [-0.2, -0.15) is 0 Å². The molecule has 0 unspecified atom stereocenters. The molecule has 0 aliphatic carbocycles. The second-order valence-corrected chi connectivity index (χ2v) is 4.38. The molecule has 4 heteroatoms. The summed E-state index contributed by atoms with van der Waals surface area (Å²) >= 11 is 0. The number of aryl methyl sites for hydroxylation is 1. The van der Waals surface area contributed by atoms with Gasteiger partial charge in [-0.15, -0.1) is 0 Å². The molecular weight excluding hydrogens is 244 g/mol. The molecule has 1 N–H and O–H groups in total. The highest BCUT2D eigenvalue weighted by atomic mass is 16.5. The maximum Gasteiger partial charge on any atom is 0.338 e. The maximum atomic E-state index is 11.5. The van der Waals surface area contributed by atoms with Crippen molar-refractivity contribution < 1.29 is 19.4 Å². The van der Waals surface area contributed by atoms with Gasteiger partial charge in [-0.25, -0.2) is 4.79 Å². The average Bonchev–Trinajstić information content (AvgIpc) is 2.36. The number of esters is 1. The second-order valence-electron chi connectivity index (χ2n) is 4.38. The lowest BCUT2D eigenvalue weighted by Crippen LogP contribution is -2.09. The number of rotatable bonds is 7. The lowest BCUT2D eigenvalue weighted by molar-refractivity contribution is -0.137. The third kappa shape index (κ3) is 5.38. The summed E-state index contributed by atoms with van der Waals surface area (Å²) in [7, 11) is 0. The molecule has 0 atom stereocenters. The van der Waals surface area contributed by atoms with Crippen LogP contribution in [0.5, 0.6) is 5.75 Å². The molecule has 4 nitrogen and oxygen atoms in total. The Morgan fingerprint density at radius 1 is 1.26 bits per heavy atom. The van der Waals surface area contributed by atoms with Gasteiger partial charge in [-0.05, 0) is 37.8 Å². The zero-order chi connectivity index (χ0) is 14.3. The van der Waals surface area contributed by atoms with Crippen molar-refractivity contribution in [2.24, 2.45) is 0 Å². The number of carboxylic acid groups (broad SMARTS) is 1. The fourth-order valence-electron chi connectivity index (χ4n) is 1.59. The standard InChI is InChI=1S/C15H18O4/c1-11(2)15(18)19-13-9-5-3-7-12(13)8-4-6-10-14(16)17/h3,5,7,9H,1,4,6,8,10H2,2H3,(H,16,17). The maximum absolute atomic E-state index is 11.5. The third-order valence-electron chi connectivity index (χ3n) is 2.61. The molecule has 1 rings (SSSR count). The number of ether oxygens (including phenoxy) is 1. The fourth-order valence-corrected chi connectivity index (χ4v) is 1.59. The van der Waals surface area contributed by atoms with E-state index >= 15 is 0 Å². The molecule has 1 aromatic carbocycles. The van der Waals surface area contributed by atoms with Crippen LogP contribution in [-0.4, -0.2) is 17.0 Å². The molecule has 0 bridgehead atoms. The van der Waals surface area contributed by atoms with E-state index in [9.17, 15) is 9.59 Å². The number of para-hydroxylation sites is 1. The molecule has 0 spiro atoms. The van der Waals surface area contributed by atoms with Crippen LogP contribution in [-0.2, 0) is 16.0 Å². The molecule has 0 aliphatic rings. The first-order valence-corrected chi connectivity index (χ1v) is 6.18. The average molecular weight is 262 g/mol. The summed E-state index contributed by atoms with van der Waals surface area (Å²) in [6, 6.07) is 7.27. The summed E-state index contributed by atoms with van der Waals surface area (Å²) in [5, 5.41) is 8.57. The third-order valence-corrected chi connectivity index (χ3v) is 2.61. The number of carboxylic acids is 1. The number of benzene rings is 1. The smallest absolute Gasteiger partial charge is 0.338 e. The SMILES string of the molecule is C=C(C)C(=O)Oc1ccccc1CCCCC(=O)O. The molecule has 102 valence electrons. The summed E-state index contributed by atoms with van der Waals surface area (Å²) in [6.45, 7) is 5.13. The zero-order valence-corrected chi connectivity index (χ0v) is 11.0. The Kier molecular flexibility index (Phi) is 5.79. The number of unbranched alkanes of at least 4 members (excludes halogenated alkanes) is 1. The van der Waals surface area contributed by atoms with Crippen LogP contribution in [0.1, 0.15) is 31.7 Å². The number of hydrogen-bond acceptors (Lipinski definition) is 3. The van der Waals surface area contributed by atoms with Gasteiger partial charge in [0.1, 0.15) is 5.75 Å². The minimum atomic E-state index is -0.790. The van der Waals surface area contributed by atoms with Crippen molar-refractivity contribution in [2.75, 3.05) is 0 Å². The number of aliphatic carboxylic acids is 1. The van der Waals surface area contributed by atoms with Crippen LogP contribution in [0, 0.1) is 0 Å². The van der Waals surface area contributed by atoms with Crippen molar-refractivity contribution in [3.05, 3.63) is 42.0 Å². The Morgan fingerprint density at radius 2 is 1.95 bits per heavy atom. The van der Waals surface area contributed by atoms with E-state index in [4.69, 9.17) is 9.84 Å². The van der Waals surface area contributed by atoms with E-state index in [0.717, 1.165) is 12.0 Å². The molecule has 0 aromatic heterocycles. The highest BCUT2D eigenvalue weighted by Crippen LogP contribution is 2.21. The van der Waals surface area contributed by atoms with Gasteiger partial charge in [0.05, 0.1) is 0 Å². The molecule has 0 amide bonds. The Labute approximate surface area is 112 Å². The van der Waals surface area contributed by atoms with Gasteiger partial charge in [0, 0.05) is 12.0 Å². The van der Waals surface area contributed by atoms with Gasteiger partial charge >= 0.3 is 11.9 Å². The molecule has 1 aromatic rings. The molecule has 0 saturated heterocycles. The van der Waals surface area contributed by atoms with Crippen molar-refractivity contribution in [3.8, 4) is 5.75 Å². The van der Waals surface area contributed by atoms with E-state index in [1.807, 2.05) is 12.1 Å². The molecule has 0 radical (unpaired) electrons. The first kappa shape index (κ1) is 15.0. The Bertz CT molecular complexity index is 477. The van der Waals surface area contributed by atoms with Crippen LogP contribution >= 0.6 is 0 Å². The summed E-state index contributed by atoms with van der Waals surface area (Å²) < 4.78 is 5.23. The molecule has 0 fully saturated rings. The first-order chi connectivity index (χ1) is 9.00. The summed E-state index contributed by atoms with van der Waals surface area (Å²) in [6.07, 6.45) is 2.20. The molecule has 0 aliphatic heterocycles. The molecule has 19 heavy (non-hydrogen) atoms. The minimum Gasteiger partial charge on any atom is -0.481 e. The van der Waals surface area contributed by atoms with Crippen molar-refractivity contribution in [1.82, 2.24) is 0 Å². The van der Waals surface area contributed by atoms with E-state index < -0.39 is 11.9 Å². The van der Waals surface area contributed by atoms with Gasteiger partial charge in [-0.3, -0.25) is 4.79 Å². The number of carbonyl (C=O) groups excluding carboxylic acids is 1. The van der Waals surface area contributed by atoms with E-state index in [-0.39, 0.29) is 6.42 Å². The van der Waals surface area contributed by atoms with Crippen LogP contribution in [0.2, 0.25) is 0 Å². The van der Waals surface area contributed by atoms with Gasteiger partial charge in [-0.1, -0.05) is 24.8 Å². The predicted molar refractivity (Wildman–Crippen MR) is 72.1 cm³/mol. The van der Waals surface area contributed by atoms with Crippen LogP contribution < -0.4 is 4.74 Å². The molecule has 0 heterocycles. The van der Waals surface area contributed by atoms with E-state index in [0.29, 0.717) is 24.2 Å². The lowest BCUT2D eigenvalue weighted by atomic mass is 10.1. The Morgan fingerprint density at radius 3 is 2.58 bits per heavy atom. The van der Waals surface area contributed by atoms with Gasteiger partial charge < -0.3 is 9.84 Å². The van der Waals surface area contributed by atoms with Crippen molar-refractivity contribution >= 4 is 11.9 Å². The monoisotopic (exact) mass is 262 g/mol. The van der Waals surface area contributed by atoms with E-state index in [1.54, 1.807) is 19.1 Å². The molecule has 0 saturated carbocycles. The normalized spacial score (nSPS) is 9.95. The van der Waals surface area contributed by atoms with Crippen LogP contribution in [0.25, 0.3) is 0 Å². The highest BCUT2D eigenvalue weighted by molar-refractivity contribution is 5.88. The van der Waals surface area contributed by atoms with Crippen LogP contribution in [0.4, 0.5) is 0 Å². The second kappa shape index (κ2) is 7.36. The quantitative estimate of drug-likeness (QED) is 0.355. The first-order valence-electron chi connectivity index (χ1n) is 6.18. The Balaban J connectivity index is 2.60. The lowest BCUT2D eigenvalue weighted by Gasteiger charge is -2.09. The Hall–Kier alpha value is -2.10. The highest BCUT2D eigenvalue weighted by Gasteiger charge is 2.09. The van der Waals surface area contributed by atoms with Crippen molar-refractivity contribution in [2.45, 2.75) is 32.6 Å². The number of hydrogen-bond donors (Lipinski definition) is 1. The van der Waals surface area contributed by atoms with Crippen molar-refractivity contribution in [3.63, 3.8) is 0 Å². The van der Waals surface area contributed by atoms with Crippen molar-refractivity contribution in [1.29, 1.82) is 0 Å². The zero-order valence-electron chi connectivity index (χ0n) is 11.0. The topological polar surface area (TPSA) is 63.6 Å². The van der Waals surface area contributed by atoms with Gasteiger partial charge in [0.15, 0.2) is 0 Å². The number of carbonyl (C=O) groups is 2. The van der Waals surface area contributed by atoms with E-state index in [1.165, 1.54) is 0 Å². The van der Waals surface area contributed by atoms with Gasteiger partial charge in [0.2, 0.25) is 0 Å². The largest absolute Gasteiger partial charge is 0.481 e. The van der Waals surface area contributed by atoms with Crippen LogP contribution in [0.15, 0.2) is 36.4 Å². The predicted octanol–water partition coefficient (Wildman–Crippen LogP) is 2.97. The van der Waals surface area contributed by atoms with Crippen LogP contribution in [0.3, 0.4) is 0 Å². The fraction of sp³-hybridized carbons (Fsp3) is 0.333. The van der Waals surface area contributed by atoms with Gasteiger partial charge in [0.25, 0.3) is 0 Å².